The van der Waals surface area contributed by atoms with Gasteiger partial charge in [-0.05, 0) is 59.6 Å². The van der Waals surface area contributed by atoms with Gasteiger partial charge in [0.25, 0.3) is 0 Å². The molecule has 0 fully saturated rings. The molecular formula is C27H28N2O. The van der Waals surface area contributed by atoms with Gasteiger partial charge in [-0.1, -0.05) is 72.8 Å². The third-order valence-electron chi connectivity index (χ3n) is 6.63. The van der Waals surface area contributed by atoms with E-state index in [4.69, 9.17) is 0 Å². The van der Waals surface area contributed by atoms with Crippen molar-refractivity contribution in [1.82, 2.24) is 10.2 Å². The minimum absolute atomic E-state index is 0.127. The lowest BCUT2D eigenvalue weighted by atomic mass is 9.86. The van der Waals surface area contributed by atoms with Crippen LogP contribution < -0.4 is 5.32 Å². The molecule has 1 unspecified atom stereocenters. The number of nitrogens with one attached hydrogen (secondary N) is 1. The van der Waals surface area contributed by atoms with Gasteiger partial charge in [0.1, 0.15) is 0 Å². The number of amides is 1. The first-order valence-corrected chi connectivity index (χ1v) is 10.9. The molecule has 1 N–H and O–H groups in total. The zero-order chi connectivity index (χ0) is 20.5. The van der Waals surface area contributed by atoms with Crippen molar-refractivity contribution in [2.45, 2.75) is 38.3 Å². The normalized spacial score (nSPS) is 18.6. The predicted molar refractivity (Wildman–Crippen MR) is 121 cm³/mol. The minimum atomic E-state index is 0.127. The highest BCUT2D eigenvalue weighted by molar-refractivity contribution is 5.78. The summed E-state index contributed by atoms with van der Waals surface area (Å²) in [7, 11) is 0. The second-order valence-electron chi connectivity index (χ2n) is 8.62. The summed E-state index contributed by atoms with van der Waals surface area (Å²) in [6, 6.07) is 26.1. The van der Waals surface area contributed by atoms with Crippen LogP contribution in [0.1, 0.15) is 39.4 Å². The van der Waals surface area contributed by atoms with Crippen molar-refractivity contribution in [3.05, 3.63) is 106 Å². The number of nitrogens with zero attached hydrogens (tertiary/aromatic N) is 1. The molecule has 2 aliphatic rings. The Morgan fingerprint density at radius 1 is 0.867 bits per heavy atom. The maximum Gasteiger partial charge on any atom is 0.234 e. The van der Waals surface area contributed by atoms with E-state index in [1.165, 1.54) is 33.4 Å². The topological polar surface area (TPSA) is 32.3 Å². The SMILES string of the molecule is Cc1ccccc1C1c2ccccc2CCN1CC(=O)NC1Cc2ccccc2C1. The van der Waals surface area contributed by atoms with Gasteiger partial charge in [0.05, 0.1) is 12.6 Å². The van der Waals surface area contributed by atoms with Gasteiger partial charge in [-0.2, -0.15) is 0 Å². The maximum atomic E-state index is 13.0. The van der Waals surface area contributed by atoms with Crippen LogP contribution in [0.4, 0.5) is 0 Å². The van der Waals surface area contributed by atoms with Crippen molar-refractivity contribution in [3.63, 3.8) is 0 Å². The van der Waals surface area contributed by atoms with Crippen LogP contribution in [0.15, 0.2) is 72.8 Å². The fourth-order valence-corrected chi connectivity index (χ4v) is 5.17. The third-order valence-corrected chi connectivity index (χ3v) is 6.63. The van der Waals surface area contributed by atoms with E-state index in [1.54, 1.807) is 0 Å². The molecule has 152 valence electrons. The lowest BCUT2D eigenvalue weighted by molar-refractivity contribution is -0.123. The molecular weight excluding hydrogens is 368 g/mol. The van der Waals surface area contributed by atoms with E-state index in [2.05, 4.69) is 89.9 Å². The van der Waals surface area contributed by atoms with Crippen LogP contribution in [0.2, 0.25) is 0 Å². The zero-order valence-corrected chi connectivity index (χ0v) is 17.5. The highest BCUT2D eigenvalue weighted by atomic mass is 16.2. The Kier molecular flexibility index (Phi) is 5.14. The molecule has 1 amide bonds. The fraction of sp³-hybridized carbons (Fsp3) is 0.296. The van der Waals surface area contributed by atoms with Crippen LogP contribution >= 0.6 is 0 Å². The van der Waals surface area contributed by atoms with Gasteiger partial charge in [0.2, 0.25) is 5.91 Å². The van der Waals surface area contributed by atoms with Gasteiger partial charge in [-0.25, -0.2) is 0 Å². The molecule has 3 heteroatoms. The Labute approximate surface area is 178 Å². The molecule has 5 rings (SSSR count). The van der Waals surface area contributed by atoms with Crippen molar-refractivity contribution in [2.24, 2.45) is 0 Å². The number of benzene rings is 3. The summed E-state index contributed by atoms with van der Waals surface area (Å²) in [6.45, 7) is 3.50. The predicted octanol–water partition coefficient (Wildman–Crippen LogP) is 4.23. The molecule has 0 spiro atoms. The van der Waals surface area contributed by atoms with Gasteiger partial charge in [-0.15, -0.1) is 0 Å². The lowest BCUT2D eigenvalue weighted by Gasteiger charge is -2.38. The summed E-state index contributed by atoms with van der Waals surface area (Å²) >= 11 is 0. The molecule has 3 nitrogen and oxygen atoms in total. The van der Waals surface area contributed by atoms with Gasteiger partial charge >= 0.3 is 0 Å². The van der Waals surface area contributed by atoms with E-state index in [-0.39, 0.29) is 18.0 Å². The van der Waals surface area contributed by atoms with Crippen LogP contribution in [-0.2, 0) is 24.1 Å². The molecule has 0 saturated carbocycles. The quantitative estimate of drug-likeness (QED) is 0.716. The Morgan fingerprint density at radius 2 is 1.47 bits per heavy atom. The minimum Gasteiger partial charge on any atom is -0.352 e. The summed E-state index contributed by atoms with van der Waals surface area (Å²) < 4.78 is 0. The highest BCUT2D eigenvalue weighted by Crippen LogP contribution is 2.36. The first-order valence-electron chi connectivity index (χ1n) is 10.9. The van der Waals surface area contributed by atoms with Crippen LogP contribution in [-0.4, -0.2) is 29.9 Å². The lowest BCUT2D eigenvalue weighted by Crippen LogP contribution is -2.46. The van der Waals surface area contributed by atoms with E-state index in [0.717, 1.165) is 25.8 Å². The number of fused-ring (bicyclic) bond motifs is 2. The first-order chi connectivity index (χ1) is 14.7. The largest absolute Gasteiger partial charge is 0.352 e. The van der Waals surface area contributed by atoms with E-state index in [9.17, 15) is 4.79 Å². The Morgan fingerprint density at radius 3 is 2.17 bits per heavy atom. The van der Waals surface area contributed by atoms with E-state index in [1.807, 2.05) is 0 Å². The Bertz CT molecular complexity index is 1050. The van der Waals surface area contributed by atoms with Crippen molar-refractivity contribution in [2.75, 3.05) is 13.1 Å². The molecule has 1 heterocycles. The molecule has 0 bridgehead atoms. The van der Waals surface area contributed by atoms with Gasteiger partial charge in [-0.3, -0.25) is 9.69 Å². The number of hydrogen-bond donors (Lipinski definition) is 1. The summed E-state index contributed by atoms with van der Waals surface area (Å²) in [5.74, 6) is 0.130. The van der Waals surface area contributed by atoms with Crippen molar-refractivity contribution in [1.29, 1.82) is 0 Å². The molecule has 1 aliphatic carbocycles. The smallest absolute Gasteiger partial charge is 0.234 e. The molecule has 0 radical (unpaired) electrons. The number of carbonyl (C=O) groups excluding carboxylic acids is 1. The van der Waals surface area contributed by atoms with Crippen molar-refractivity contribution in [3.8, 4) is 0 Å². The first kappa shape index (κ1) is 19.1. The Balaban J connectivity index is 1.35. The summed E-state index contributed by atoms with van der Waals surface area (Å²) in [5, 5.41) is 3.30. The molecule has 1 aliphatic heterocycles. The molecule has 30 heavy (non-hydrogen) atoms. The second-order valence-corrected chi connectivity index (χ2v) is 8.62. The Hall–Kier alpha value is -2.91. The van der Waals surface area contributed by atoms with Gasteiger partial charge in [0, 0.05) is 12.6 Å². The molecule has 3 aromatic carbocycles. The average Bonchev–Trinajstić information content (AvgIpc) is 3.16. The number of rotatable bonds is 4. The number of hydrogen-bond acceptors (Lipinski definition) is 2. The molecule has 0 aromatic heterocycles. The second kappa shape index (κ2) is 8.08. The van der Waals surface area contributed by atoms with E-state index in [0.29, 0.717) is 6.54 Å². The molecule has 1 atom stereocenters. The van der Waals surface area contributed by atoms with E-state index < -0.39 is 0 Å². The monoisotopic (exact) mass is 396 g/mol. The maximum absolute atomic E-state index is 13.0. The van der Waals surface area contributed by atoms with E-state index >= 15 is 0 Å². The summed E-state index contributed by atoms with van der Waals surface area (Å²) in [5.41, 5.74) is 8.04. The van der Waals surface area contributed by atoms with Crippen molar-refractivity contribution < 1.29 is 4.79 Å². The van der Waals surface area contributed by atoms with Crippen molar-refractivity contribution >= 4 is 5.91 Å². The van der Waals surface area contributed by atoms with Gasteiger partial charge in [0.15, 0.2) is 0 Å². The third kappa shape index (κ3) is 3.66. The summed E-state index contributed by atoms with van der Waals surface area (Å²) in [6.07, 6.45) is 2.86. The average molecular weight is 397 g/mol. The number of aryl methyl sites for hydroxylation is 1. The molecule has 3 aromatic rings. The zero-order valence-electron chi connectivity index (χ0n) is 17.5. The molecule has 0 saturated heterocycles. The van der Waals surface area contributed by atoms with Crippen LogP contribution in [0, 0.1) is 6.92 Å². The number of carbonyl (C=O) groups is 1. The van der Waals surface area contributed by atoms with Crippen LogP contribution in [0.25, 0.3) is 0 Å². The standard InChI is InChI=1S/C27H28N2O/c1-19-8-2-6-12-24(19)27-25-13-7-5-9-20(25)14-15-29(27)18-26(30)28-23-16-21-10-3-4-11-22(21)17-23/h2-13,23,27H,14-18H2,1H3,(H,28,30). The summed E-state index contributed by atoms with van der Waals surface area (Å²) in [4.78, 5) is 15.4. The van der Waals surface area contributed by atoms with Gasteiger partial charge < -0.3 is 5.32 Å². The van der Waals surface area contributed by atoms with Crippen LogP contribution in [0.5, 0.6) is 0 Å². The highest BCUT2D eigenvalue weighted by Gasteiger charge is 2.31. The van der Waals surface area contributed by atoms with Crippen LogP contribution in [0.3, 0.4) is 0 Å². The fourth-order valence-electron chi connectivity index (χ4n) is 5.17.